The highest BCUT2D eigenvalue weighted by Gasteiger charge is 2.17. The van der Waals surface area contributed by atoms with E-state index in [0.717, 1.165) is 0 Å². The Morgan fingerprint density at radius 1 is 1.26 bits per heavy atom. The summed E-state index contributed by atoms with van der Waals surface area (Å²) in [5.41, 5.74) is 0.988. The lowest BCUT2D eigenvalue weighted by Gasteiger charge is -2.16. The number of aromatic nitrogens is 1. The zero-order valence-corrected chi connectivity index (χ0v) is 12.5. The average molecular weight is 317 g/mol. The summed E-state index contributed by atoms with van der Waals surface area (Å²) in [6.45, 7) is 0.0409. The lowest BCUT2D eigenvalue weighted by molar-refractivity contribution is -0.136. The Morgan fingerprint density at radius 3 is 2.74 bits per heavy atom. The van der Waals surface area contributed by atoms with Gasteiger partial charge in [-0.3, -0.25) is 14.6 Å². The Kier molecular flexibility index (Phi) is 5.76. The Balaban J connectivity index is 1.90. The van der Waals surface area contributed by atoms with Gasteiger partial charge in [-0.05, 0) is 29.8 Å². The molecule has 1 heterocycles. The van der Waals surface area contributed by atoms with Gasteiger partial charge in [0.05, 0.1) is 18.0 Å². The van der Waals surface area contributed by atoms with Crippen LogP contribution in [0.3, 0.4) is 0 Å². The summed E-state index contributed by atoms with van der Waals surface area (Å²) in [6, 6.07) is 9.11. The molecule has 0 fully saturated rings. The molecular formula is C16H16FN3O3. The van der Waals surface area contributed by atoms with Crippen LogP contribution in [0.15, 0.2) is 48.8 Å². The summed E-state index contributed by atoms with van der Waals surface area (Å²) in [5.74, 6) is -2.02. The Bertz CT molecular complexity index is 679. The van der Waals surface area contributed by atoms with E-state index in [9.17, 15) is 14.0 Å². The predicted molar refractivity (Wildman–Crippen MR) is 82.0 cm³/mol. The van der Waals surface area contributed by atoms with Crippen molar-refractivity contribution in [3.05, 3.63) is 60.2 Å². The van der Waals surface area contributed by atoms with Gasteiger partial charge in [-0.1, -0.05) is 12.1 Å². The molecule has 0 bridgehead atoms. The lowest BCUT2D eigenvalue weighted by atomic mass is 10.1. The van der Waals surface area contributed by atoms with Gasteiger partial charge in [-0.2, -0.15) is 0 Å². The van der Waals surface area contributed by atoms with E-state index in [1.54, 1.807) is 30.5 Å². The Morgan fingerprint density at radius 2 is 2.09 bits per heavy atom. The van der Waals surface area contributed by atoms with E-state index in [0.29, 0.717) is 11.3 Å². The van der Waals surface area contributed by atoms with Crippen LogP contribution in [0.4, 0.5) is 10.1 Å². The molecular weight excluding hydrogens is 301 g/mol. The van der Waals surface area contributed by atoms with E-state index in [1.807, 2.05) is 0 Å². The number of carbonyl (C=O) groups is 2. The van der Waals surface area contributed by atoms with Crippen LogP contribution in [0.5, 0.6) is 0 Å². The monoisotopic (exact) mass is 317 g/mol. The molecule has 23 heavy (non-hydrogen) atoms. The zero-order chi connectivity index (χ0) is 16.7. The van der Waals surface area contributed by atoms with Crippen LogP contribution in [-0.4, -0.2) is 30.5 Å². The number of nitrogens with zero attached hydrogens (tertiary/aromatic N) is 1. The molecule has 2 amide bonds. The van der Waals surface area contributed by atoms with Gasteiger partial charge in [0.2, 0.25) is 0 Å². The highest BCUT2D eigenvalue weighted by atomic mass is 19.1. The number of benzene rings is 1. The first kappa shape index (κ1) is 16.6. The van der Waals surface area contributed by atoms with Gasteiger partial charge in [0.15, 0.2) is 0 Å². The zero-order valence-electron chi connectivity index (χ0n) is 12.5. The minimum atomic E-state index is -0.813. The van der Waals surface area contributed by atoms with Gasteiger partial charge in [-0.15, -0.1) is 0 Å². The molecule has 1 aromatic carbocycles. The smallest absolute Gasteiger partial charge is 0.313 e. The molecule has 6 nitrogen and oxygen atoms in total. The number of nitrogens with one attached hydrogen (secondary N) is 2. The van der Waals surface area contributed by atoms with Crippen molar-refractivity contribution in [2.75, 3.05) is 19.0 Å². The van der Waals surface area contributed by atoms with E-state index in [2.05, 4.69) is 15.6 Å². The van der Waals surface area contributed by atoms with Crippen molar-refractivity contribution in [3.63, 3.8) is 0 Å². The second-order valence-corrected chi connectivity index (χ2v) is 4.69. The van der Waals surface area contributed by atoms with Crippen LogP contribution in [0.2, 0.25) is 0 Å². The summed E-state index contributed by atoms with van der Waals surface area (Å²) in [5, 5.41) is 4.87. The molecule has 0 spiro atoms. The minimum Gasteiger partial charge on any atom is -0.375 e. The first-order valence-electron chi connectivity index (χ1n) is 6.87. The third kappa shape index (κ3) is 4.86. The number of hydrogen-bond donors (Lipinski definition) is 2. The minimum absolute atomic E-state index is 0.0409. The van der Waals surface area contributed by atoms with Crippen molar-refractivity contribution in [1.82, 2.24) is 10.3 Å². The topological polar surface area (TPSA) is 80.3 Å². The first-order valence-corrected chi connectivity index (χ1v) is 6.87. The standard InChI is InChI=1S/C16H16FN3O3/c1-23-14(11-4-2-5-12(17)8-11)10-19-15(21)16(22)20-13-6-3-7-18-9-13/h2-9,14H,10H2,1H3,(H,19,21)(H,20,22). The Hall–Kier alpha value is -2.80. The molecule has 1 unspecified atom stereocenters. The number of rotatable bonds is 5. The van der Waals surface area contributed by atoms with Gasteiger partial charge in [0, 0.05) is 19.9 Å². The summed E-state index contributed by atoms with van der Waals surface area (Å²) in [7, 11) is 1.44. The summed E-state index contributed by atoms with van der Waals surface area (Å²) >= 11 is 0. The maximum absolute atomic E-state index is 13.2. The fourth-order valence-corrected chi connectivity index (χ4v) is 1.93. The van der Waals surface area contributed by atoms with Gasteiger partial charge >= 0.3 is 11.8 Å². The largest absolute Gasteiger partial charge is 0.375 e. The molecule has 0 radical (unpaired) electrons. The van der Waals surface area contributed by atoms with Crippen molar-refractivity contribution >= 4 is 17.5 Å². The third-order valence-corrected chi connectivity index (χ3v) is 3.08. The number of anilines is 1. The summed E-state index contributed by atoms with van der Waals surface area (Å²) < 4.78 is 18.4. The molecule has 120 valence electrons. The molecule has 0 aliphatic heterocycles. The van der Waals surface area contributed by atoms with E-state index in [4.69, 9.17) is 4.74 Å². The fraction of sp³-hybridized carbons (Fsp3) is 0.188. The van der Waals surface area contributed by atoms with Gasteiger partial charge in [0.1, 0.15) is 5.82 Å². The van der Waals surface area contributed by atoms with Crippen molar-refractivity contribution in [1.29, 1.82) is 0 Å². The van der Waals surface area contributed by atoms with Crippen LogP contribution in [-0.2, 0) is 14.3 Å². The van der Waals surface area contributed by atoms with E-state index >= 15 is 0 Å². The normalized spacial score (nSPS) is 11.6. The molecule has 0 saturated carbocycles. The van der Waals surface area contributed by atoms with Crippen molar-refractivity contribution < 1.29 is 18.7 Å². The summed E-state index contributed by atoms with van der Waals surface area (Å²) in [6.07, 6.45) is 2.43. The maximum Gasteiger partial charge on any atom is 0.313 e. The molecule has 2 N–H and O–H groups in total. The number of ether oxygens (including phenoxy) is 1. The number of carbonyl (C=O) groups excluding carboxylic acids is 2. The average Bonchev–Trinajstić information content (AvgIpc) is 2.56. The number of halogens is 1. The second-order valence-electron chi connectivity index (χ2n) is 4.69. The Labute approximate surface area is 132 Å². The third-order valence-electron chi connectivity index (χ3n) is 3.08. The number of pyridine rings is 1. The second kappa shape index (κ2) is 8.00. The molecule has 0 aliphatic carbocycles. The van der Waals surface area contributed by atoms with Crippen LogP contribution in [0.25, 0.3) is 0 Å². The van der Waals surface area contributed by atoms with Crippen LogP contribution >= 0.6 is 0 Å². The maximum atomic E-state index is 13.2. The number of methoxy groups -OCH3 is 1. The number of hydrogen-bond acceptors (Lipinski definition) is 4. The molecule has 1 aromatic heterocycles. The van der Waals surface area contributed by atoms with Gasteiger partial charge in [-0.25, -0.2) is 4.39 Å². The number of amides is 2. The molecule has 0 saturated heterocycles. The van der Waals surface area contributed by atoms with Gasteiger partial charge in [0.25, 0.3) is 0 Å². The van der Waals surface area contributed by atoms with Crippen LogP contribution in [0.1, 0.15) is 11.7 Å². The lowest BCUT2D eigenvalue weighted by Crippen LogP contribution is -2.38. The molecule has 0 aliphatic rings. The van der Waals surface area contributed by atoms with Crippen LogP contribution < -0.4 is 10.6 Å². The van der Waals surface area contributed by atoms with E-state index < -0.39 is 23.7 Å². The highest BCUT2D eigenvalue weighted by molar-refractivity contribution is 6.39. The van der Waals surface area contributed by atoms with Gasteiger partial charge < -0.3 is 15.4 Å². The first-order chi connectivity index (χ1) is 11.1. The van der Waals surface area contributed by atoms with Crippen molar-refractivity contribution in [2.24, 2.45) is 0 Å². The van der Waals surface area contributed by atoms with E-state index in [1.165, 1.54) is 25.4 Å². The van der Waals surface area contributed by atoms with Crippen molar-refractivity contribution in [2.45, 2.75) is 6.10 Å². The summed E-state index contributed by atoms with van der Waals surface area (Å²) in [4.78, 5) is 27.4. The molecule has 2 aromatic rings. The molecule has 1 atom stereocenters. The SMILES string of the molecule is COC(CNC(=O)C(=O)Nc1cccnc1)c1cccc(F)c1. The van der Waals surface area contributed by atoms with Crippen LogP contribution in [0, 0.1) is 5.82 Å². The molecule has 7 heteroatoms. The van der Waals surface area contributed by atoms with E-state index in [-0.39, 0.29) is 6.54 Å². The van der Waals surface area contributed by atoms with Crippen molar-refractivity contribution in [3.8, 4) is 0 Å². The quantitative estimate of drug-likeness (QED) is 0.822. The molecule has 2 rings (SSSR count). The highest BCUT2D eigenvalue weighted by Crippen LogP contribution is 2.16. The predicted octanol–water partition coefficient (Wildman–Crippen LogP) is 1.66. The fourth-order valence-electron chi connectivity index (χ4n) is 1.93.